The summed E-state index contributed by atoms with van der Waals surface area (Å²) in [7, 11) is 0. The number of hydrogen-bond acceptors (Lipinski definition) is 3. The normalized spacial score (nSPS) is 23.7. The van der Waals surface area contributed by atoms with Crippen LogP contribution >= 0.6 is 11.6 Å². The summed E-state index contributed by atoms with van der Waals surface area (Å²) in [6.07, 6.45) is 7.73. The van der Waals surface area contributed by atoms with Crippen molar-refractivity contribution >= 4 is 17.5 Å². The van der Waals surface area contributed by atoms with E-state index in [9.17, 15) is 4.79 Å². The Morgan fingerprint density at radius 2 is 2.06 bits per heavy atom. The predicted octanol–water partition coefficient (Wildman–Crippen LogP) is 2.69. The van der Waals surface area contributed by atoms with Crippen LogP contribution in [0, 0.1) is 11.8 Å². The first-order valence-electron chi connectivity index (χ1n) is 6.41. The van der Waals surface area contributed by atoms with E-state index < -0.39 is 0 Å². The smallest absolute Gasteiger partial charge is 0.271 e. The minimum atomic E-state index is -0.169. The maximum absolute atomic E-state index is 11.8. The number of carbonyl (C=O) groups excluding carboxylic acids is 1. The van der Waals surface area contributed by atoms with E-state index in [0.29, 0.717) is 16.8 Å². The number of nitrogens with zero attached hydrogens (tertiary/aromatic N) is 2. The molecule has 18 heavy (non-hydrogen) atoms. The van der Waals surface area contributed by atoms with Gasteiger partial charge in [-0.3, -0.25) is 4.79 Å². The number of aromatic nitrogens is 2. The van der Waals surface area contributed by atoms with Crippen LogP contribution in [0.4, 0.5) is 0 Å². The molecule has 5 heteroatoms. The van der Waals surface area contributed by atoms with Gasteiger partial charge in [0.25, 0.3) is 5.91 Å². The molecular weight excluding hydrogens is 250 g/mol. The zero-order chi connectivity index (χ0) is 13.0. The van der Waals surface area contributed by atoms with Crippen LogP contribution in [0.25, 0.3) is 0 Å². The largest absolute Gasteiger partial charge is 0.350 e. The number of nitrogens with one attached hydrogen (secondary N) is 1. The van der Waals surface area contributed by atoms with E-state index in [2.05, 4.69) is 22.2 Å². The molecular formula is C13H18ClN3O. The zero-order valence-electron chi connectivity index (χ0n) is 10.5. The van der Waals surface area contributed by atoms with Crippen LogP contribution in [0.1, 0.15) is 43.1 Å². The first-order valence-corrected chi connectivity index (χ1v) is 6.78. The highest BCUT2D eigenvalue weighted by molar-refractivity contribution is 6.29. The summed E-state index contributed by atoms with van der Waals surface area (Å²) in [5.41, 5.74) is 0.323. The molecule has 0 atom stereocenters. The van der Waals surface area contributed by atoms with Crippen molar-refractivity contribution in [1.29, 1.82) is 0 Å². The van der Waals surface area contributed by atoms with Crippen molar-refractivity contribution in [3.8, 4) is 0 Å². The first-order chi connectivity index (χ1) is 8.65. The highest BCUT2D eigenvalue weighted by Gasteiger charge is 2.19. The maximum atomic E-state index is 11.8. The zero-order valence-corrected chi connectivity index (χ0v) is 11.3. The number of rotatable bonds is 3. The van der Waals surface area contributed by atoms with E-state index >= 15 is 0 Å². The Balaban J connectivity index is 1.79. The van der Waals surface area contributed by atoms with E-state index in [1.165, 1.54) is 38.1 Å². The summed E-state index contributed by atoms with van der Waals surface area (Å²) in [4.78, 5) is 19.6. The van der Waals surface area contributed by atoms with Gasteiger partial charge in [-0.25, -0.2) is 9.97 Å². The third kappa shape index (κ3) is 3.67. The molecule has 1 fully saturated rings. The SMILES string of the molecule is CC1CCC(CNC(=O)c2cnc(Cl)cn2)CC1. The Hall–Kier alpha value is -1.16. The van der Waals surface area contributed by atoms with E-state index in [4.69, 9.17) is 11.6 Å². The Morgan fingerprint density at radius 1 is 1.33 bits per heavy atom. The second-order valence-electron chi connectivity index (χ2n) is 5.06. The molecule has 1 N–H and O–H groups in total. The molecule has 1 saturated carbocycles. The van der Waals surface area contributed by atoms with Gasteiger partial charge in [0.2, 0.25) is 0 Å². The molecule has 0 aliphatic heterocycles. The minimum Gasteiger partial charge on any atom is -0.350 e. The Morgan fingerprint density at radius 3 is 2.67 bits per heavy atom. The van der Waals surface area contributed by atoms with Crippen molar-refractivity contribution in [2.45, 2.75) is 32.6 Å². The lowest BCUT2D eigenvalue weighted by Gasteiger charge is -2.26. The molecule has 1 aromatic heterocycles. The van der Waals surface area contributed by atoms with Gasteiger partial charge in [0.1, 0.15) is 10.8 Å². The van der Waals surface area contributed by atoms with Crippen molar-refractivity contribution in [3.63, 3.8) is 0 Å². The highest BCUT2D eigenvalue weighted by atomic mass is 35.5. The van der Waals surface area contributed by atoms with Crippen LogP contribution in [0.5, 0.6) is 0 Å². The molecule has 0 saturated heterocycles. The Bertz CT molecular complexity index is 399. The Kier molecular flexibility index (Phi) is 4.53. The number of halogens is 1. The van der Waals surface area contributed by atoms with Crippen LogP contribution in [0.15, 0.2) is 12.4 Å². The van der Waals surface area contributed by atoms with Gasteiger partial charge in [-0.2, -0.15) is 0 Å². The molecule has 0 spiro atoms. The minimum absolute atomic E-state index is 0.169. The fraction of sp³-hybridized carbons (Fsp3) is 0.615. The molecule has 1 aliphatic carbocycles. The lowest BCUT2D eigenvalue weighted by atomic mass is 9.83. The van der Waals surface area contributed by atoms with Crippen LogP contribution in [0.3, 0.4) is 0 Å². The van der Waals surface area contributed by atoms with Crippen molar-refractivity contribution in [1.82, 2.24) is 15.3 Å². The molecule has 98 valence electrons. The molecule has 1 amide bonds. The Labute approximate surface area is 112 Å². The van der Waals surface area contributed by atoms with Gasteiger partial charge in [0.15, 0.2) is 0 Å². The van der Waals surface area contributed by atoms with Gasteiger partial charge in [-0.1, -0.05) is 31.4 Å². The van der Waals surface area contributed by atoms with Crippen LogP contribution < -0.4 is 5.32 Å². The molecule has 0 aromatic carbocycles. The number of amides is 1. The summed E-state index contributed by atoms with van der Waals surface area (Å²) >= 11 is 5.62. The van der Waals surface area contributed by atoms with E-state index in [-0.39, 0.29) is 5.91 Å². The third-order valence-corrected chi connectivity index (χ3v) is 3.73. The highest BCUT2D eigenvalue weighted by Crippen LogP contribution is 2.27. The first kappa shape index (κ1) is 13.3. The number of carbonyl (C=O) groups is 1. The van der Waals surface area contributed by atoms with Crippen LogP contribution in [0.2, 0.25) is 5.15 Å². The summed E-state index contributed by atoms with van der Waals surface area (Å²) in [6, 6.07) is 0. The van der Waals surface area contributed by atoms with Gasteiger partial charge in [-0.05, 0) is 24.7 Å². The average Bonchev–Trinajstić information content (AvgIpc) is 2.38. The molecule has 4 nitrogen and oxygen atoms in total. The van der Waals surface area contributed by atoms with Gasteiger partial charge in [0, 0.05) is 6.54 Å². The fourth-order valence-electron chi connectivity index (χ4n) is 2.29. The molecule has 0 radical (unpaired) electrons. The van der Waals surface area contributed by atoms with Crippen molar-refractivity contribution in [2.24, 2.45) is 11.8 Å². The monoisotopic (exact) mass is 267 g/mol. The van der Waals surface area contributed by atoms with Gasteiger partial charge in [-0.15, -0.1) is 0 Å². The van der Waals surface area contributed by atoms with Crippen molar-refractivity contribution in [3.05, 3.63) is 23.2 Å². The maximum Gasteiger partial charge on any atom is 0.271 e. The van der Waals surface area contributed by atoms with E-state index in [1.54, 1.807) is 0 Å². The van der Waals surface area contributed by atoms with E-state index in [0.717, 1.165) is 12.5 Å². The summed E-state index contributed by atoms with van der Waals surface area (Å²) in [5.74, 6) is 1.27. The van der Waals surface area contributed by atoms with Crippen molar-refractivity contribution in [2.75, 3.05) is 6.54 Å². The molecule has 0 bridgehead atoms. The lowest BCUT2D eigenvalue weighted by Crippen LogP contribution is -2.31. The summed E-state index contributed by atoms with van der Waals surface area (Å²) in [6.45, 7) is 3.02. The van der Waals surface area contributed by atoms with Gasteiger partial charge < -0.3 is 5.32 Å². The van der Waals surface area contributed by atoms with Crippen LogP contribution in [-0.4, -0.2) is 22.4 Å². The average molecular weight is 268 g/mol. The lowest BCUT2D eigenvalue weighted by molar-refractivity contribution is 0.0936. The third-order valence-electron chi connectivity index (χ3n) is 3.54. The molecule has 0 unspecified atom stereocenters. The van der Waals surface area contributed by atoms with Gasteiger partial charge in [0.05, 0.1) is 12.4 Å². The van der Waals surface area contributed by atoms with E-state index in [1.807, 2.05) is 0 Å². The molecule has 1 aliphatic rings. The standard InChI is InChI=1S/C13H18ClN3O/c1-9-2-4-10(5-3-9)6-17-13(18)11-7-16-12(14)8-15-11/h7-10H,2-6H2,1H3,(H,17,18). The number of hydrogen-bond donors (Lipinski definition) is 1. The quantitative estimate of drug-likeness (QED) is 0.916. The van der Waals surface area contributed by atoms with Crippen LogP contribution in [-0.2, 0) is 0 Å². The van der Waals surface area contributed by atoms with Crippen molar-refractivity contribution < 1.29 is 4.79 Å². The van der Waals surface area contributed by atoms with Gasteiger partial charge >= 0.3 is 0 Å². The fourth-order valence-corrected chi connectivity index (χ4v) is 2.39. The topological polar surface area (TPSA) is 54.9 Å². The molecule has 1 heterocycles. The molecule has 1 aromatic rings. The predicted molar refractivity (Wildman–Crippen MR) is 70.5 cm³/mol. The summed E-state index contributed by atoms with van der Waals surface area (Å²) < 4.78 is 0. The second kappa shape index (κ2) is 6.14. The summed E-state index contributed by atoms with van der Waals surface area (Å²) in [5, 5.41) is 3.22. The molecule has 2 rings (SSSR count). The second-order valence-corrected chi connectivity index (χ2v) is 5.45.